The van der Waals surface area contributed by atoms with Gasteiger partial charge in [-0.05, 0) is 44.0 Å². The molecule has 0 N–H and O–H groups in total. The van der Waals surface area contributed by atoms with Gasteiger partial charge in [-0.25, -0.2) is 18.9 Å². The van der Waals surface area contributed by atoms with Crippen LogP contribution >= 0.6 is 0 Å². The Kier molecular flexibility index (Phi) is 5.57. The number of hydrogen-bond donors (Lipinski definition) is 0. The standard InChI is InChI=1S/C22H27N5O3/c1-15-23-19(16-9-11-18(30-3)12-10-16)13-20-24-26(22(29)27(15)20)14-21(28)25(2)17-7-5-4-6-8-17/h9-13,17H,4-8,14H2,1-3H3. The zero-order valence-electron chi connectivity index (χ0n) is 17.7. The summed E-state index contributed by atoms with van der Waals surface area (Å²) < 4.78 is 7.89. The van der Waals surface area contributed by atoms with E-state index in [9.17, 15) is 9.59 Å². The molecule has 30 heavy (non-hydrogen) atoms. The van der Waals surface area contributed by atoms with Crippen molar-refractivity contribution in [3.8, 4) is 17.0 Å². The zero-order valence-corrected chi connectivity index (χ0v) is 17.7. The molecule has 8 nitrogen and oxygen atoms in total. The average Bonchev–Trinajstić information content (AvgIpc) is 3.09. The number of rotatable bonds is 5. The summed E-state index contributed by atoms with van der Waals surface area (Å²) >= 11 is 0. The Morgan fingerprint density at radius 3 is 2.57 bits per heavy atom. The Labute approximate surface area is 175 Å². The van der Waals surface area contributed by atoms with Gasteiger partial charge in [0.2, 0.25) is 5.91 Å². The molecule has 0 spiro atoms. The van der Waals surface area contributed by atoms with Crippen molar-refractivity contribution in [2.75, 3.05) is 14.2 Å². The first-order valence-electron chi connectivity index (χ1n) is 10.3. The Hall–Kier alpha value is -3.16. The molecule has 1 fully saturated rings. The highest BCUT2D eigenvalue weighted by Crippen LogP contribution is 2.23. The third-order valence-corrected chi connectivity index (χ3v) is 5.92. The van der Waals surface area contributed by atoms with Crippen LogP contribution in [0.2, 0.25) is 0 Å². The molecular formula is C22H27N5O3. The van der Waals surface area contributed by atoms with E-state index >= 15 is 0 Å². The van der Waals surface area contributed by atoms with Gasteiger partial charge in [0.15, 0.2) is 5.65 Å². The van der Waals surface area contributed by atoms with Gasteiger partial charge in [0.1, 0.15) is 18.1 Å². The molecular weight excluding hydrogens is 382 g/mol. The van der Waals surface area contributed by atoms with Gasteiger partial charge in [0.05, 0.1) is 12.8 Å². The molecule has 4 rings (SSSR count). The van der Waals surface area contributed by atoms with Crippen molar-refractivity contribution in [3.05, 3.63) is 46.6 Å². The number of likely N-dealkylation sites (N-methyl/N-ethyl adjacent to an activating group) is 1. The van der Waals surface area contributed by atoms with Crippen LogP contribution in [0.1, 0.15) is 37.9 Å². The molecule has 2 heterocycles. The second kappa shape index (κ2) is 8.30. The van der Waals surface area contributed by atoms with Crippen molar-refractivity contribution in [2.24, 2.45) is 0 Å². The van der Waals surface area contributed by atoms with Crippen LogP contribution in [0, 0.1) is 6.92 Å². The van der Waals surface area contributed by atoms with E-state index in [2.05, 4.69) is 10.1 Å². The molecule has 8 heteroatoms. The summed E-state index contributed by atoms with van der Waals surface area (Å²) in [6.07, 6.45) is 5.57. The molecule has 158 valence electrons. The fraction of sp³-hybridized carbons (Fsp3) is 0.455. The summed E-state index contributed by atoms with van der Waals surface area (Å²) in [5.74, 6) is 1.20. The molecule has 1 aliphatic carbocycles. The third-order valence-electron chi connectivity index (χ3n) is 5.92. The molecule has 0 bridgehead atoms. The quantitative estimate of drug-likeness (QED) is 0.647. The molecule has 2 aromatic heterocycles. The largest absolute Gasteiger partial charge is 0.497 e. The normalized spacial score (nSPS) is 14.8. The topological polar surface area (TPSA) is 81.7 Å². The average molecular weight is 409 g/mol. The second-order valence-electron chi connectivity index (χ2n) is 7.85. The Morgan fingerprint density at radius 1 is 1.20 bits per heavy atom. The smallest absolute Gasteiger partial charge is 0.352 e. The number of methoxy groups -OCH3 is 1. The van der Waals surface area contributed by atoms with Gasteiger partial charge >= 0.3 is 5.69 Å². The zero-order chi connectivity index (χ0) is 21.3. The van der Waals surface area contributed by atoms with Crippen molar-refractivity contribution >= 4 is 11.6 Å². The van der Waals surface area contributed by atoms with Crippen LogP contribution in [-0.2, 0) is 11.3 Å². The van der Waals surface area contributed by atoms with Crippen LogP contribution in [0.5, 0.6) is 5.75 Å². The highest BCUT2D eigenvalue weighted by Gasteiger charge is 2.23. The van der Waals surface area contributed by atoms with E-state index in [4.69, 9.17) is 4.74 Å². The lowest BCUT2D eigenvalue weighted by Crippen LogP contribution is -2.41. The molecule has 1 aromatic carbocycles. The Bertz CT molecular complexity index is 1110. The SMILES string of the molecule is COc1ccc(-c2cc3nn(CC(=O)N(C)C4CCCCC4)c(=O)n3c(C)n2)cc1. The molecule has 0 radical (unpaired) electrons. The summed E-state index contributed by atoms with van der Waals surface area (Å²) in [6, 6.07) is 9.57. The summed E-state index contributed by atoms with van der Waals surface area (Å²) in [5.41, 5.74) is 1.75. The molecule has 0 unspecified atom stereocenters. The molecule has 1 saturated carbocycles. The maximum absolute atomic E-state index is 12.9. The van der Waals surface area contributed by atoms with Crippen molar-refractivity contribution in [2.45, 2.75) is 51.6 Å². The van der Waals surface area contributed by atoms with Crippen LogP contribution < -0.4 is 10.4 Å². The van der Waals surface area contributed by atoms with E-state index in [0.29, 0.717) is 17.2 Å². The van der Waals surface area contributed by atoms with Crippen LogP contribution in [0.25, 0.3) is 16.9 Å². The second-order valence-corrected chi connectivity index (χ2v) is 7.85. The minimum atomic E-state index is -0.346. The van der Waals surface area contributed by atoms with Gasteiger partial charge in [-0.1, -0.05) is 19.3 Å². The number of amides is 1. The van der Waals surface area contributed by atoms with Gasteiger partial charge < -0.3 is 9.64 Å². The predicted molar refractivity (Wildman–Crippen MR) is 114 cm³/mol. The molecule has 0 saturated heterocycles. The van der Waals surface area contributed by atoms with E-state index in [0.717, 1.165) is 37.0 Å². The summed E-state index contributed by atoms with van der Waals surface area (Å²) in [7, 11) is 3.45. The predicted octanol–water partition coefficient (Wildman–Crippen LogP) is 2.67. The van der Waals surface area contributed by atoms with E-state index < -0.39 is 0 Å². The van der Waals surface area contributed by atoms with E-state index in [1.54, 1.807) is 25.0 Å². The number of carbonyl (C=O) groups is 1. The fourth-order valence-electron chi connectivity index (χ4n) is 4.13. The monoisotopic (exact) mass is 409 g/mol. The number of aryl methyl sites for hydroxylation is 1. The van der Waals surface area contributed by atoms with Crippen LogP contribution in [-0.4, -0.2) is 50.2 Å². The number of hydrogen-bond acceptors (Lipinski definition) is 5. The molecule has 0 atom stereocenters. The van der Waals surface area contributed by atoms with Gasteiger partial charge in [-0.15, -0.1) is 5.10 Å². The van der Waals surface area contributed by atoms with E-state index in [-0.39, 0.29) is 24.2 Å². The van der Waals surface area contributed by atoms with Gasteiger partial charge in [-0.2, -0.15) is 0 Å². The van der Waals surface area contributed by atoms with E-state index in [1.807, 2.05) is 31.3 Å². The molecule has 0 aliphatic heterocycles. The molecule has 3 aromatic rings. The highest BCUT2D eigenvalue weighted by atomic mass is 16.5. The number of nitrogens with zero attached hydrogens (tertiary/aromatic N) is 5. The van der Waals surface area contributed by atoms with Crippen molar-refractivity contribution in [3.63, 3.8) is 0 Å². The molecule has 1 amide bonds. The lowest BCUT2D eigenvalue weighted by molar-refractivity contribution is -0.133. The van der Waals surface area contributed by atoms with Gasteiger partial charge in [0, 0.05) is 24.7 Å². The van der Waals surface area contributed by atoms with E-state index in [1.165, 1.54) is 15.5 Å². The summed E-state index contributed by atoms with van der Waals surface area (Å²) in [6.45, 7) is 1.70. The third kappa shape index (κ3) is 3.81. The maximum Gasteiger partial charge on any atom is 0.352 e. The minimum Gasteiger partial charge on any atom is -0.497 e. The lowest BCUT2D eigenvalue weighted by Gasteiger charge is -2.31. The summed E-state index contributed by atoms with van der Waals surface area (Å²) in [4.78, 5) is 32.0. The molecule has 1 aliphatic rings. The lowest BCUT2D eigenvalue weighted by atomic mass is 9.94. The first-order valence-corrected chi connectivity index (χ1v) is 10.3. The Balaban J connectivity index is 1.62. The highest BCUT2D eigenvalue weighted by molar-refractivity contribution is 5.76. The van der Waals surface area contributed by atoms with Gasteiger partial charge in [0.25, 0.3) is 0 Å². The Morgan fingerprint density at radius 2 is 1.90 bits per heavy atom. The number of carbonyl (C=O) groups excluding carboxylic acids is 1. The number of benzene rings is 1. The first-order chi connectivity index (χ1) is 14.5. The first kappa shape index (κ1) is 20.1. The maximum atomic E-state index is 12.9. The number of ether oxygens (including phenoxy) is 1. The van der Waals surface area contributed by atoms with Gasteiger partial charge in [-0.3, -0.25) is 4.79 Å². The van der Waals surface area contributed by atoms with Crippen molar-refractivity contribution in [1.82, 2.24) is 24.1 Å². The number of fused-ring (bicyclic) bond motifs is 1. The van der Waals surface area contributed by atoms with Crippen molar-refractivity contribution < 1.29 is 9.53 Å². The minimum absolute atomic E-state index is 0.0647. The van der Waals surface area contributed by atoms with Crippen LogP contribution in [0.15, 0.2) is 35.1 Å². The summed E-state index contributed by atoms with van der Waals surface area (Å²) in [5, 5.41) is 4.42. The van der Waals surface area contributed by atoms with Crippen LogP contribution in [0.3, 0.4) is 0 Å². The number of aromatic nitrogens is 4. The van der Waals surface area contributed by atoms with Crippen molar-refractivity contribution in [1.29, 1.82) is 0 Å². The van der Waals surface area contributed by atoms with Crippen LogP contribution in [0.4, 0.5) is 0 Å². The fourth-order valence-corrected chi connectivity index (χ4v) is 4.13.